The summed E-state index contributed by atoms with van der Waals surface area (Å²) in [6, 6.07) is 0. The minimum absolute atomic E-state index is 0.00731. The van der Waals surface area contributed by atoms with Gasteiger partial charge in [-0.05, 0) is 37.0 Å². The first-order chi connectivity index (χ1) is 9.74. The van der Waals surface area contributed by atoms with Crippen LogP contribution < -0.4 is 16.8 Å². The molecule has 0 aliphatic heterocycles. The average molecular weight is 329 g/mol. The number of hydrogen-bond donors (Lipinski definition) is 3. The van der Waals surface area contributed by atoms with Crippen LogP contribution >= 0.6 is 11.3 Å². The third-order valence-corrected chi connectivity index (χ3v) is 6.90. The fraction of sp³-hybridized carbons (Fsp3) is 0.615. The van der Waals surface area contributed by atoms with E-state index in [0.717, 1.165) is 30.1 Å². The first-order valence-electron chi connectivity index (χ1n) is 6.90. The van der Waals surface area contributed by atoms with Crippen molar-refractivity contribution in [1.29, 1.82) is 0 Å². The highest BCUT2D eigenvalue weighted by Gasteiger charge is 2.53. The second kappa shape index (κ2) is 4.61. The fourth-order valence-electron chi connectivity index (χ4n) is 2.94. The van der Waals surface area contributed by atoms with Gasteiger partial charge in [0.05, 0.1) is 5.69 Å². The molecule has 3 rings (SSSR count). The lowest BCUT2D eigenvalue weighted by atomic mass is 10.0. The quantitative estimate of drug-likeness (QED) is 0.730. The predicted octanol–water partition coefficient (Wildman–Crippen LogP) is 1.43. The zero-order chi connectivity index (χ0) is 15.4. The lowest BCUT2D eigenvalue weighted by Gasteiger charge is -2.15. The molecule has 1 heterocycles. The largest absolute Gasteiger partial charge is 0.396 e. The Bertz CT molecular complexity index is 700. The number of carbonyl (C=O) groups is 1. The van der Waals surface area contributed by atoms with Gasteiger partial charge >= 0.3 is 0 Å². The van der Waals surface area contributed by atoms with Crippen LogP contribution in [0, 0.1) is 11.3 Å². The van der Waals surface area contributed by atoms with E-state index in [9.17, 15) is 13.2 Å². The Morgan fingerprint density at radius 3 is 2.48 bits per heavy atom. The minimum Gasteiger partial charge on any atom is -0.396 e. The van der Waals surface area contributed by atoms with Gasteiger partial charge in [0.2, 0.25) is 0 Å². The minimum atomic E-state index is -3.51. The van der Waals surface area contributed by atoms with Gasteiger partial charge in [0, 0.05) is 12.8 Å². The number of hydrogen-bond acceptors (Lipinski definition) is 6. The summed E-state index contributed by atoms with van der Waals surface area (Å²) in [5.41, 5.74) is 11.4. The number of carbonyl (C=O) groups excluding carboxylic acids is 1. The molecule has 8 heteroatoms. The van der Waals surface area contributed by atoms with Crippen molar-refractivity contribution < 1.29 is 13.2 Å². The molecule has 0 bridgehead atoms. The van der Waals surface area contributed by atoms with Crippen LogP contribution in [0.15, 0.2) is 4.90 Å². The van der Waals surface area contributed by atoms with E-state index >= 15 is 0 Å². The molecular weight excluding hydrogens is 310 g/mol. The van der Waals surface area contributed by atoms with Crippen molar-refractivity contribution >= 4 is 37.8 Å². The molecule has 2 aliphatic carbocycles. The molecule has 1 amide bonds. The van der Waals surface area contributed by atoms with Crippen LogP contribution in [0.1, 0.15) is 35.4 Å². The van der Waals surface area contributed by atoms with Crippen LogP contribution in [0.3, 0.4) is 0 Å². The van der Waals surface area contributed by atoms with Gasteiger partial charge in [-0.15, -0.1) is 11.3 Å². The van der Waals surface area contributed by atoms with Gasteiger partial charge in [-0.2, -0.15) is 0 Å². The molecular formula is C13H19N3O3S2. The van der Waals surface area contributed by atoms with E-state index in [2.05, 4.69) is 5.32 Å². The van der Waals surface area contributed by atoms with Crippen molar-refractivity contribution in [3.8, 4) is 0 Å². The third kappa shape index (κ3) is 2.62. The lowest BCUT2D eigenvalue weighted by Crippen LogP contribution is -2.18. The highest BCUT2D eigenvalue weighted by molar-refractivity contribution is 7.91. The average Bonchev–Trinajstić information content (AvgIpc) is 3.22. The number of primary amides is 1. The normalized spacial score (nSPS) is 20.2. The van der Waals surface area contributed by atoms with Gasteiger partial charge in [0.25, 0.3) is 5.91 Å². The second-order valence-corrected chi connectivity index (χ2v) is 9.10. The molecule has 6 nitrogen and oxygen atoms in total. The molecule has 1 aromatic rings. The van der Waals surface area contributed by atoms with Crippen LogP contribution in [0.4, 0.5) is 10.7 Å². The molecule has 0 unspecified atom stereocenters. The lowest BCUT2D eigenvalue weighted by molar-refractivity contribution is 0.100. The molecule has 21 heavy (non-hydrogen) atoms. The van der Waals surface area contributed by atoms with E-state index in [-0.39, 0.29) is 15.5 Å². The number of amides is 1. The zero-order valence-corrected chi connectivity index (χ0v) is 13.4. The summed E-state index contributed by atoms with van der Waals surface area (Å²) in [6.45, 7) is 0.734. The van der Waals surface area contributed by atoms with Crippen LogP contribution in [0.25, 0.3) is 0 Å². The Morgan fingerprint density at radius 1 is 1.43 bits per heavy atom. The molecule has 0 spiro atoms. The van der Waals surface area contributed by atoms with Crippen molar-refractivity contribution in [2.75, 3.05) is 23.9 Å². The first-order valence-corrected chi connectivity index (χ1v) is 9.61. The Hall–Kier alpha value is -1.28. The van der Waals surface area contributed by atoms with Gasteiger partial charge in [0.15, 0.2) is 9.84 Å². The molecule has 0 radical (unpaired) electrons. The maximum absolute atomic E-state index is 11.9. The summed E-state index contributed by atoms with van der Waals surface area (Å²) < 4.78 is 23.9. The molecule has 2 fully saturated rings. The summed E-state index contributed by atoms with van der Waals surface area (Å²) in [7, 11) is -3.51. The fourth-order valence-corrected chi connectivity index (χ4v) is 5.36. The monoisotopic (exact) mass is 329 g/mol. The number of sulfone groups is 1. The van der Waals surface area contributed by atoms with Crippen molar-refractivity contribution in [3.05, 3.63) is 4.88 Å². The highest BCUT2D eigenvalue weighted by atomic mass is 32.2. The number of anilines is 2. The summed E-state index contributed by atoms with van der Waals surface area (Å²) in [5.74, 6) is 0.0679. The number of thiophene rings is 1. The topological polar surface area (TPSA) is 115 Å². The van der Waals surface area contributed by atoms with Crippen LogP contribution in [0.5, 0.6) is 0 Å². The summed E-state index contributed by atoms with van der Waals surface area (Å²) in [6.07, 6.45) is 5.99. The van der Waals surface area contributed by atoms with Gasteiger partial charge in [-0.25, -0.2) is 8.42 Å². The van der Waals surface area contributed by atoms with E-state index in [1.54, 1.807) is 0 Å². The maximum atomic E-state index is 11.9. The van der Waals surface area contributed by atoms with Crippen molar-refractivity contribution in [3.63, 3.8) is 0 Å². The molecule has 2 aliphatic rings. The SMILES string of the molecule is CS(=O)(=O)c1c(NCC2(C3CC3)CC2)sc(C(N)=O)c1N. The first kappa shape index (κ1) is 14.6. The molecule has 0 aromatic carbocycles. The molecule has 2 saturated carbocycles. The standard InChI is InChI=1S/C13H19N3O3S2/c1-21(18,19)10-8(14)9(11(15)17)20-12(10)16-6-13(4-5-13)7-2-3-7/h7,16H,2-6,14H2,1H3,(H2,15,17). The summed E-state index contributed by atoms with van der Waals surface area (Å²) >= 11 is 1.03. The Labute approximate surface area is 127 Å². The van der Waals surface area contributed by atoms with Crippen molar-refractivity contribution in [2.45, 2.75) is 30.6 Å². The van der Waals surface area contributed by atoms with Gasteiger partial charge < -0.3 is 16.8 Å². The van der Waals surface area contributed by atoms with Crippen LogP contribution in [0.2, 0.25) is 0 Å². The molecule has 5 N–H and O–H groups in total. The zero-order valence-electron chi connectivity index (χ0n) is 11.8. The van der Waals surface area contributed by atoms with E-state index in [1.165, 1.54) is 25.7 Å². The molecule has 116 valence electrons. The van der Waals surface area contributed by atoms with Crippen LogP contribution in [-0.2, 0) is 9.84 Å². The second-order valence-electron chi connectivity index (χ2n) is 6.13. The summed E-state index contributed by atoms with van der Waals surface area (Å²) in [5, 5.41) is 3.65. The third-order valence-electron chi connectivity index (χ3n) is 4.43. The smallest absolute Gasteiger partial charge is 0.261 e. The van der Waals surface area contributed by atoms with E-state index in [4.69, 9.17) is 11.5 Å². The maximum Gasteiger partial charge on any atom is 0.261 e. The molecule has 0 saturated heterocycles. The Morgan fingerprint density at radius 2 is 2.05 bits per heavy atom. The van der Waals surface area contributed by atoms with Crippen molar-refractivity contribution in [2.24, 2.45) is 17.1 Å². The Kier molecular flexibility index (Phi) is 3.21. The van der Waals surface area contributed by atoms with Gasteiger partial charge in [-0.3, -0.25) is 4.79 Å². The Balaban J connectivity index is 1.90. The van der Waals surface area contributed by atoms with Crippen molar-refractivity contribution in [1.82, 2.24) is 0 Å². The summed E-state index contributed by atoms with van der Waals surface area (Å²) in [4.78, 5) is 11.5. The van der Waals surface area contributed by atoms with E-state index in [0.29, 0.717) is 10.4 Å². The molecule has 0 atom stereocenters. The number of nitrogen functional groups attached to an aromatic ring is 1. The number of nitrogens with one attached hydrogen (secondary N) is 1. The van der Waals surface area contributed by atoms with Gasteiger partial charge in [0.1, 0.15) is 14.8 Å². The van der Waals surface area contributed by atoms with Crippen LogP contribution in [-0.4, -0.2) is 27.1 Å². The number of rotatable bonds is 6. The van der Waals surface area contributed by atoms with Gasteiger partial charge in [-0.1, -0.05) is 0 Å². The predicted molar refractivity (Wildman–Crippen MR) is 83.2 cm³/mol. The highest BCUT2D eigenvalue weighted by Crippen LogP contribution is 2.61. The van der Waals surface area contributed by atoms with E-state index in [1.807, 2.05) is 0 Å². The molecule has 1 aromatic heterocycles. The number of nitrogens with two attached hydrogens (primary N) is 2. The van der Waals surface area contributed by atoms with E-state index < -0.39 is 15.7 Å².